The summed E-state index contributed by atoms with van der Waals surface area (Å²) in [5.41, 5.74) is 2.28. The molecule has 0 spiro atoms. The number of thioether (sulfide) groups is 1. The highest BCUT2D eigenvalue weighted by molar-refractivity contribution is 8.27. The van der Waals surface area contributed by atoms with E-state index in [0.717, 1.165) is 11.1 Å². The maximum Gasteiger partial charge on any atom is 0.270 e. The van der Waals surface area contributed by atoms with E-state index in [9.17, 15) is 4.79 Å². The molecule has 168 valence electrons. The molecular weight excluding hydrogens is 521 g/mol. The fraction of sp³-hybridized carbons (Fsp3) is 0.0833. The number of halogens is 3. The molecule has 0 N–H and O–H groups in total. The maximum atomic E-state index is 13.0. The Balaban J connectivity index is 1.46. The van der Waals surface area contributed by atoms with E-state index in [1.54, 1.807) is 36.4 Å². The second-order valence-corrected chi connectivity index (χ2v) is 9.86. The van der Waals surface area contributed by atoms with Gasteiger partial charge in [0.05, 0.1) is 22.7 Å². The molecule has 0 radical (unpaired) electrons. The number of anilines is 1. The van der Waals surface area contributed by atoms with Crippen molar-refractivity contribution in [3.05, 3.63) is 91.8 Å². The van der Waals surface area contributed by atoms with E-state index in [2.05, 4.69) is 0 Å². The van der Waals surface area contributed by atoms with Gasteiger partial charge < -0.3 is 9.47 Å². The Morgan fingerprint density at radius 2 is 1.76 bits per heavy atom. The van der Waals surface area contributed by atoms with Crippen LogP contribution in [0.5, 0.6) is 11.5 Å². The van der Waals surface area contributed by atoms with Crippen molar-refractivity contribution in [2.75, 3.05) is 12.0 Å². The predicted molar refractivity (Wildman–Crippen MR) is 141 cm³/mol. The minimum Gasteiger partial charge on any atom is -0.495 e. The van der Waals surface area contributed by atoms with Gasteiger partial charge in [0.15, 0.2) is 4.32 Å². The van der Waals surface area contributed by atoms with Gasteiger partial charge in [-0.3, -0.25) is 9.69 Å². The Morgan fingerprint density at radius 1 is 1.00 bits per heavy atom. The van der Waals surface area contributed by atoms with Crippen molar-refractivity contribution in [3.63, 3.8) is 0 Å². The third-order valence-corrected chi connectivity index (χ3v) is 6.96. The fourth-order valence-corrected chi connectivity index (χ4v) is 5.11. The molecule has 33 heavy (non-hydrogen) atoms. The summed E-state index contributed by atoms with van der Waals surface area (Å²) in [7, 11) is 1.53. The summed E-state index contributed by atoms with van der Waals surface area (Å²) in [5, 5.41) is 1.54. The van der Waals surface area contributed by atoms with Gasteiger partial charge in [-0.15, -0.1) is 0 Å². The molecule has 4 rings (SSSR count). The smallest absolute Gasteiger partial charge is 0.270 e. The first-order valence-electron chi connectivity index (χ1n) is 9.64. The molecule has 0 atom stereocenters. The molecule has 3 aromatic carbocycles. The number of nitrogens with zero attached hydrogens (tertiary/aromatic N) is 1. The van der Waals surface area contributed by atoms with Gasteiger partial charge in [-0.05, 0) is 54.1 Å². The molecule has 0 aliphatic carbocycles. The second kappa shape index (κ2) is 10.4. The lowest BCUT2D eigenvalue weighted by molar-refractivity contribution is -0.113. The number of thiocarbonyl (C=S) groups is 1. The zero-order valence-corrected chi connectivity index (χ0v) is 21.1. The topological polar surface area (TPSA) is 38.8 Å². The van der Waals surface area contributed by atoms with Crippen LogP contribution >= 0.6 is 58.8 Å². The predicted octanol–water partition coefficient (Wildman–Crippen LogP) is 7.64. The number of rotatable bonds is 6. The van der Waals surface area contributed by atoms with Gasteiger partial charge in [0, 0.05) is 15.6 Å². The van der Waals surface area contributed by atoms with E-state index in [1.165, 1.54) is 23.8 Å². The largest absolute Gasteiger partial charge is 0.495 e. The van der Waals surface area contributed by atoms with Gasteiger partial charge in [0.25, 0.3) is 5.91 Å². The Hall–Kier alpha value is -2.22. The summed E-state index contributed by atoms with van der Waals surface area (Å²) in [6.07, 6.45) is 1.80. The van der Waals surface area contributed by atoms with Crippen LogP contribution < -0.4 is 14.4 Å². The highest BCUT2D eigenvalue weighted by atomic mass is 35.5. The van der Waals surface area contributed by atoms with E-state index in [1.807, 2.05) is 30.3 Å². The highest BCUT2D eigenvalue weighted by Gasteiger charge is 2.33. The van der Waals surface area contributed by atoms with Crippen molar-refractivity contribution in [1.29, 1.82) is 0 Å². The Bertz CT molecular complexity index is 1260. The van der Waals surface area contributed by atoms with Crippen molar-refractivity contribution in [1.82, 2.24) is 0 Å². The zero-order chi connectivity index (χ0) is 23.5. The van der Waals surface area contributed by atoms with Crippen LogP contribution in [0.1, 0.15) is 11.1 Å². The lowest BCUT2D eigenvalue weighted by Gasteiger charge is -2.15. The molecule has 1 amide bonds. The van der Waals surface area contributed by atoms with Crippen molar-refractivity contribution in [3.8, 4) is 11.5 Å². The zero-order valence-electron chi connectivity index (χ0n) is 17.2. The summed E-state index contributed by atoms with van der Waals surface area (Å²) in [6.45, 7) is 0.318. The molecule has 0 saturated carbocycles. The average molecular weight is 537 g/mol. The number of carbonyl (C=O) groups excluding carboxylic acids is 1. The summed E-state index contributed by atoms with van der Waals surface area (Å²) in [4.78, 5) is 15.0. The maximum absolute atomic E-state index is 13.0. The van der Waals surface area contributed by atoms with Crippen LogP contribution in [-0.4, -0.2) is 17.3 Å². The van der Waals surface area contributed by atoms with E-state index < -0.39 is 0 Å². The van der Waals surface area contributed by atoms with Crippen LogP contribution in [0.25, 0.3) is 6.08 Å². The number of ether oxygens (including phenoxy) is 2. The Labute approximate surface area is 216 Å². The summed E-state index contributed by atoms with van der Waals surface area (Å²) < 4.78 is 11.4. The van der Waals surface area contributed by atoms with Crippen molar-refractivity contribution < 1.29 is 14.3 Å². The first-order chi connectivity index (χ1) is 15.9. The first-order valence-corrected chi connectivity index (χ1v) is 12.0. The van der Waals surface area contributed by atoms with Gasteiger partial charge in [-0.1, -0.05) is 77.0 Å². The van der Waals surface area contributed by atoms with Crippen LogP contribution in [0.2, 0.25) is 15.1 Å². The quantitative estimate of drug-likeness (QED) is 0.239. The van der Waals surface area contributed by atoms with Crippen LogP contribution in [0.3, 0.4) is 0 Å². The normalized spacial score (nSPS) is 14.8. The minimum absolute atomic E-state index is 0.205. The third-order valence-electron chi connectivity index (χ3n) is 4.77. The molecule has 3 aromatic rings. The molecule has 1 heterocycles. The molecule has 1 aliphatic heterocycles. The second-order valence-electron chi connectivity index (χ2n) is 6.93. The third kappa shape index (κ3) is 5.48. The van der Waals surface area contributed by atoms with Crippen molar-refractivity contribution in [2.24, 2.45) is 0 Å². The van der Waals surface area contributed by atoms with Crippen LogP contribution in [0, 0.1) is 0 Å². The van der Waals surface area contributed by atoms with Gasteiger partial charge >= 0.3 is 0 Å². The number of hydrogen-bond acceptors (Lipinski definition) is 5. The summed E-state index contributed by atoms with van der Waals surface area (Å²) in [5.74, 6) is 1.00. The van der Waals surface area contributed by atoms with Gasteiger partial charge in [-0.25, -0.2) is 0 Å². The molecule has 9 heteroatoms. The number of amides is 1. The molecule has 1 aliphatic rings. The molecule has 1 saturated heterocycles. The van der Waals surface area contributed by atoms with E-state index in [-0.39, 0.29) is 5.91 Å². The number of carbonyl (C=O) groups is 1. The van der Waals surface area contributed by atoms with Crippen LogP contribution in [-0.2, 0) is 11.4 Å². The molecule has 0 bridgehead atoms. The van der Waals surface area contributed by atoms with E-state index in [0.29, 0.717) is 48.1 Å². The van der Waals surface area contributed by atoms with Gasteiger partial charge in [-0.2, -0.15) is 0 Å². The minimum atomic E-state index is -0.205. The monoisotopic (exact) mass is 535 g/mol. The number of hydrogen-bond donors (Lipinski definition) is 0. The molecule has 1 fully saturated rings. The average Bonchev–Trinajstić information content (AvgIpc) is 3.06. The van der Waals surface area contributed by atoms with Gasteiger partial charge in [0.1, 0.15) is 18.1 Å². The number of benzene rings is 3. The first kappa shape index (κ1) is 23.9. The molecular formula is C24H16Cl3NO3S2. The van der Waals surface area contributed by atoms with Crippen molar-refractivity contribution >= 4 is 80.8 Å². The standard InChI is InChI=1S/C24H16Cl3NO3S2/c1-30-21-9-6-17(12-20(21)27)28-23(29)22(33-24(28)32)10-14-2-7-18(8-3-14)31-13-15-4-5-16(25)11-19(15)26/h2-12H,13H2,1H3/b22-10+. The summed E-state index contributed by atoms with van der Waals surface area (Å²) in [6, 6.07) is 17.8. The molecule has 0 aromatic heterocycles. The Morgan fingerprint density at radius 3 is 2.42 bits per heavy atom. The van der Waals surface area contributed by atoms with Crippen molar-refractivity contribution in [2.45, 2.75) is 6.61 Å². The number of methoxy groups -OCH3 is 1. The Kier molecular flexibility index (Phi) is 7.51. The van der Waals surface area contributed by atoms with E-state index >= 15 is 0 Å². The van der Waals surface area contributed by atoms with E-state index in [4.69, 9.17) is 56.5 Å². The summed E-state index contributed by atoms with van der Waals surface area (Å²) >= 11 is 25.0. The lowest BCUT2D eigenvalue weighted by atomic mass is 10.2. The SMILES string of the molecule is COc1ccc(N2C(=O)/C(=C\c3ccc(OCc4ccc(Cl)cc4Cl)cc3)SC2=S)cc1Cl. The fourth-order valence-electron chi connectivity index (χ4n) is 3.10. The molecule has 4 nitrogen and oxygen atoms in total. The highest BCUT2D eigenvalue weighted by Crippen LogP contribution is 2.38. The van der Waals surface area contributed by atoms with Crippen LogP contribution in [0.4, 0.5) is 5.69 Å². The lowest BCUT2D eigenvalue weighted by Crippen LogP contribution is -2.27. The van der Waals surface area contributed by atoms with Crippen LogP contribution in [0.15, 0.2) is 65.6 Å². The molecule has 0 unspecified atom stereocenters. The van der Waals surface area contributed by atoms with Gasteiger partial charge in [0.2, 0.25) is 0 Å².